The van der Waals surface area contributed by atoms with Crippen LogP contribution >= 0.6 is 0 Å². The van der Waals surface area contributed by atoms with Crippen molar-refractivity contribution in [3.8, 4) is 0 Å². The van der Waals surface area contributed by atoms with Gasteiger partial charge in [0.05, 0.1) is 13.0 Å². The Kier molecular flexibility index (Phi) is 6.09. The van der Waals surface area contributed by atoms with Crippen LogP contribution in [0.5, 0.6) is 0 Å². The van der Waals surface area contributed by atoms with Crippen LogP contribution in [0.15, 0.2) is 0 Å². The van der Waals surface area contributed by atoms with Crippen LogP contribution < -0.4 is 0 Å². The Morgan fingerprint density at radius 1 is 1.50 bits per heavy atom. The Bertz CT molecular complexity index is 270. The van der Waals surface area contributed by atoms with Crippen LogP contribution in [0.4, 0.5) is 0 Å². The van der Waals surface area contributed by atoms with Gasteiger partial charge in [-0.15, -0.1) is 0 Å². The van der Waals surface area contributed by atoms with E-state index in [0.29, 0.717) is 19.3 Å². The van der Waals surface area contributed by atoms with Gasteiger partial charge in [0, 0.05) is 18.2 Å². The van der Waals surface area contributed by atoms with E-state index < -0.39 is 5.97 Å². The quantitative estimate of drug-likeness (QED) is 0.679. The molecular formula is C14H27NO3. The smallest absolute Gasteiger partial charge is 0.305 e. The summed E-state index contributed by atoms with van der Waals surface area (Å²) in [4.78, 5) is 13.0. The molecule has 0 aromatic rings. The van der Waals surface area contributed by atoms with Crippen molar-refractivity contribution < 1.29 is 14.6 Å². The van der Waals surface area contributed by atoms with E-state index in [9.17, 15) is 4.79 Å². The molecular weight excluding hydrogens is 230 g/mol. The number of carboxylic acid groups (broad SMARTS) is 1. The van der Waals surface area contributed by atoms with Crippen molar-refractivity contribution in [2.45, 2.75) is 64.5 Å². The molecule has 0 aliphatic carbocycles. The van der Waals surface area contributed by atoms with Gasteiger partial charge in [-0.2, -0.15) is 0 Å². The number of carbonyl (C=O) groups is 1. The fourth-order valence-corrected chi connectivity index (χ4v) is 2.84. The van der Waals surface area contributed by atoms with E-state index in [2.05, 4.69) is 25.7 Å². The molecule has 0 spiro atoms. The Morgan fingerprint density at radius 3 is 2.83 bits per heavy atom. The van der Waals surface area contributed by atoms with Crippen LogP contribution in [0, 0.1) is 0 Å². The number of ether oxygens (including phenoxy) is 1. The highest BCUT2D eigenvalue weighted by Gasteiger charge is 2.37. The molecule has 1 aliphatic rings. The van der Waals surface area contributed by atoms with Crippen molar-refractivity contribution in [1.82, 2.24) is 4.90 Å². The van der Waals surface area contributed by atoms with Crippen LogP contribution in [0.3, 0.4) is 0 Å². The highest BCUT2D eigenvalue weighted by atomic mass is 16.5. The number of carboxylic acids is 1. The third-order valence-electron chi connectivity index (χ3n) is 4.18. The van der Waals surface area contributed by atoms with Crippen molar-refractivity contribution >= 4 is 5.97 Å². The van der Waals surface area contributed by atoms with Gasteiger partial charge in [-0.3, -0.25) is 9.69 Å². The third kappa shape index (κ3) is 4.25. The maximum Gasteiger partial charge on any atom is 0.305 e. The highest BCUT2D eigenvalue weighted by Crippen LogP contribution is 2.34. The van der Waals surface area contributed by atoms with E-state index in [0.717, 1.165) is 6.42 Å². The van der Waals surface area contributed by atoms with E-state index in [1.807, 2.05) is 0 Å². The first-order valence-corrected chi connectivity index (χ1v) is 7.06. The molecule has 18 heavy (non-hydrogen) atoms. The maximum atomic E-state index is 10.4. The van der Waals surface area contributed by atoms with Crippen molar-refractivity contribution in [1.29, 1.82) is 0 Å². The molecule has 0 radical (unpaired) electrons. The molecule has 106 valence electrons. The average Bonchev–Trinajstić information content (AvgIpc) is 2.70. The minimum Gasteiger partial charge on any atom is -0.481 e. The second kappa shape index (κ2) is 7.10. The summed E-state index contributed by atoms with van der Waals surface area (Å²) in [7, 11) is 0. The lowest BCUT2D eigenvalue weighted by atomic mass is 9.93. The Hall–Kier alpha value is -0.610. The third-order valence-corrected chi connectivity index (χ3v) is 4.18. The van der Waals surface area contributed by atoms with E-state index in [4.69, 9.17) is 9.84 Å². The van der Waals surface area contributed by atoms with E-state index in [1.54, 1.807) is 0 Å². The fourth-order valence-electron chi connectivity index (χ4n) is 2.84. The van der Waals surface area contributed by atoms with Gasteiger partial charge in [0.1, 0.15) is 0 Å². The summed E-state index contributed by atoms with van der Waals surface area (Å²) in [5, 5.41) is 8.53. The predicted octanol–water partition coefficient (Wildman–Crippen LogP) is 2.52. The van der Waals surface area contributed by atoms with Gasteiger partial charge in [0.15, 0.2) is 0 Å². The number of nitrogens with zero attached hydrogens (tertiary/aromatic N) is 1. The summed E-state index contributed by atoms with van der Waals surface area (Å²) in [5.41, 5.74) is 0.235. The van der Waals surface area contributed by atoms with E-state index in [1.165, 1.54) is 25.8 Å². The first-order chi connectivity index (χ1) is 8.49. The number of hydrogen-bond acceptors (Lipinski definition) is 3. The Balaban J connectivity index is 2.32. The second-order valence-electron chi connectivity index (χ2n) is 5.56. The average molecular weight is 257 g/mol. The molecule has 0 bridgehead atoms. The molecule has 1 unspecified atom stereocenters. The number of aliphatic carboxylic acids is 1. The molecule has 1 N–H and O–H groups in total. The van der Waals surface area contributed by atoms with Gasteiger partial charge in [0.25, 0.3) is 0 Å². The molecule has 1 fully saturated rings. The largest absolute Gasteiger partial charge is 0.481 e. The molecule has 0 aromatic heterocycles. The lowest BCUT2D eigenvalue weighted by molar-refractivity contribution is -0.138. The van der Waals surface area contributed by atoms with Gasteiger partial charge in [-0.25, -0.2) is 0 Å². The van der Waals surface area contributed by atoms with Crippen LogP contribution in [0.2, 0.25) is 0 Å². The topological polar surface area (TPSA) is 49.8 Å². The van der Waals surface area contributed by atoms with E-state index >= 15 is 0 Å². The molecule has 0 aromatic carbocycles. The normalized spacial score (nSPS) is 26.4. The van der Waals surface area contributed by atoms with Crippen molar-refractivity contribution in [2.75, 3.05) is 19.8 Å². The van der Waals surface area contributed by atoms with E-state index in [-0.39, 0.29) is 12.0 Å². The number of hydrogen-bond donors (Lipinski definition) is 1. The molecule has 1 saturated heterocycles. The van der Waals surface area contributed by atoms with Crippen molar-refractivity contribution in [2.24, 2.45) is 0 Å². The SMILES string of the molecule is CCC(C)N1CCC[C@@]1(C)CCOCCC(=O)O. The first kappa shape index (κ1) is 15.4. The summed E-state index contributed by atoms with van der Waals surface area (Å²) in [6, 6.07) is 0.622. The lowest BCUT2D eigenvalue weighted by Gasteiger charge is -2.39. The molecule has 2 atom stereocenters. The second-order valence-corrected chi connectivity index (χ2v) is 5.56. The maximum absolute atomic E-state index is 10.4. The zero-order valence-electron chi connectivity index (χ0n) is 11.9. The summed E-state index contributed by atoms with van der Waals surface area (Å²) in [5.74, 6) is -0.789. The fraction of sp³-hybridized carbons (Fsp3) is 0.929. The van der Waals surface area contributed by atoms with Crippen LogP contribution in [0.1, 0.15) is 52.9 Å². The predicted molar refractivity (Wildman–Crippen MR) is 71.8 cm³/mol. The standard InChI is InChI=1S/C14H27NO3/c1-4-12(2)15-9-5-7-14(15,3)8-11-18-10-6-13(16)17/h12H,4-11H2,1-3H3,(H,16,17)/t12?,14-/m0/s1. The molecule has 4 heteroatoms. The van der Waals surface area contributed by atoms with Gasteiger partial charge in [-0.05, 0) is 46.1 Å². The zero-order valence-corrected chi connectivity index (χ0v) is 11.9. The van der Waals surface area contributed by atoms with Gasteiger partial charge in [0.2, 0.25) is 0 Å². The summed E-state index contributed by atoms with van der Waals surface area (Å²) >= 11 is 0. The van der Waals surface area contributed by atoms with Crippen molar-refractivity contribution in [3.05, 3.63) is 0 Å². The van der Waals surface area contributed by atoms with Gasteiger partial charge < -0.3 is 9.84 Å². The van der Waals surface area contributed by atoms with Gasteiger partial charge >= 0.3 is 5.97 Å². The summed E-state index contributed by atoms with van der Waals surface area (Å²) in [6.07, 6.45) is 4.76. The minimum absolute atomic E-state index is 0.103. The monoisotopic (exact) mass is 257 g/mol. The van der Waals surface area contributed by atoms with Crippen molar-refractivity contribution in [3.63, 3.8) is 0 Å². The molecule has 4 nitrogen and oxygen atoms in total. The first-order valence-electron chi connectivity index (χ1n) is 7.06. The Morgan fingerprint density at radius 2 is 2.22 bits per heavy atom. The molecule has 1 heterocycles. The summed E-state index contributed by atoms with van der Waals surface area (Å²) in [6.45, 7) is 9.00. The molecule has 0 saturated carbocycles. The number of rotatable bonds is 8. The molecule has 1 rings (SSSR count). The minimum atomic E-state index is -0.789. The van der Waals surface area contributed by atoms with Crippen LogP contribution in [-0.2, 0) is 9.53 Å². The molecule has 0 amide bonds. The van der Waals surface area contributed by atoms with Crippen LogP contribution in [0.25, 0.3) is 0 Å². The number of likely N-dealkylation sites (tertiary alicyclic amines) is 1. The Labute approximate surface area is 110 Å². The molecule has 1 aliphatic heterocycles. The van der Waals surface area contributed by atoms with Crippen LogP contribution in [-0.4, -0.2) is 47.3 Å². The van der Waals surface area contributed by atoms with Gasteiger partial charge in [-0.1, -0.05) is 6.92 Å². The summed E-state index contributed by atoms with van der Waals surface area (Å²) < 4.78 is 5.43. The highest BCUT2D eigenvalue weighted by molar-refractivity contribution is 5.66. The zero-order chi connectivity index (χ0) is 13.6. The lowest BCUT2D eigenvalue weighted by Crippen LogP contribution is -2.46.